The summed E-state index contributed by atoms with van der Waals surface area (Å²) in [6.45, 7) is 4.00. The second-order valence-electron chi connectivity index (χ2n) is 4.87. The van der Waals surface area contributed by atoms with E-state index in [9.17, 15) is 4.79 Å². The smallest absolute Gasteiger partial charge is 0.252 e. The second kappa shape index (κ2) is 6.43. The Balaban J connectivity index is 1.83. The number of nitrogens with two attached hydrogens (primary N) is 2. The zero-order valence-corrected chi connectivity index (χ0v) is 11.1. The number of nitrogen functional groups attached to an aromatic ring is 1. The molecule has 1 aliphatic rings. The fourth-order valence-electron chi connectivity index (χ4n) is 2.34. The molecule has 104 valence electrons. The van der Waals surface area contributed by atoms with Crippen molar-refractivity contribution in [1.29, 1.82) is 0 Å². The van der Waals surface area contributed by atoms with Gasteiger partial charge in [0.2, 0.25) is 0 Å². The molecular formula is C14H21N3O2. The number of nitrogens with zero attached hydrogens (tertiary/aromatic N) is 1. The highest BCUT2D eigenvalue weighted by atomic mass is 16.5. The standard InChI is InChI=1S/C14H21N3O2/c15-11-4-5-13(12(10-11)14(16)18)19-9-3-8-17-6-1-2-7-17/h4-5,10H,1-3,6-9,15H2,(H2,16,18). The van der Waals surface area contributed by atoms with E-state index in [1.807, 2.05) is 0 Å². The summed E-state index contributed by atoms with van der Waals surface area (Å²) in [6, 6.07) is 4.96. The first-order chi connectivity index (χ1) is 9.16. The Hall–Kier alpha value is -1.75. The molecule has 1 aliphatic heterocycles. The van der Waals surface area contributed by atoms with E-state index in [1.165, 1.54) is 25.9 Å². The highest BCUT2D eigenvalue weighted by molar-refractivity contribution is 5.96. The van der Waals surface area contributed by atoms with Crippen LogP contribution in [0, 0.1) is 0 Å². The topological polar surface area (TPSA) is 81.6 Å². The van der Waals surface area contributed by atoms with Gasteiger partial charge in [0.05, 0.1) is 12.2 Å². The second-order valence-corrected chi connectivity index (χ2v) is 4.87. The number of likely N-dealkylation sites (tertiary alicyclic amines) is 1. The summed E-state index contributed by atoms with van der Waals surface area (Å²) in [5.41, 5.74) is 11.8. The molecule has 0 aromatic heterocycles. The van der Waals surface area contributed by atoms with Crippen LogP contribution in [0.15, 0.2) is 18.2 Å². The van der Waals surface area contributed by atoms with Gasteiger partial charge < -0.3 is 21.1 Å². The molecule has 1 fully saturated rings. The third-order valence-corrected chi connectivity index (χ3v) is 3.34. The van der Waals surface area contributed by atoms with Crippen LogP contribution in [0.3, 0.4) is 0 Å². The minimum absolute atomic E-state index is 0.348. The minimum Gasteiger partial charge on any atom is -0.493 e. The lowest BCUT2D eigenvalue weighted by Gasteiger charge is -2.15. The Kier molecular flexibility index (Phi) is 4.63. The fraction of sp³-hybridized carbons (Fsp3) is 0.500. The highest BCUT2D eigenvalue weighted by Crippen LogP contribution is 2.21. The van der Waals surface area contributed by atoms with Crippen molar-refractivity contribution < 1.29 is 9.53 Å². The van der Waals surface area contributed by atoms with Crippen molar-refractivity contribution in [2.24, 2.45) is 5.73 Å². The van der Waals surface area contributed by atoms with Crippen molar-refractivity contribution in [3.63, 3.8) is 0 Å². The van der Waals surface area contributed by atoms with E-state index in [2.05, 4.69) is 4.90 Å². The van der Waals surface area contributed by atoms with Crippen LogP contribution < -0.4 is 16.2 Å². The third-order valence-electron chi connectivity index (χ3n) is 3.34. The summed E-state index contributed by atoms with van der Waals surface area (Å²) >= 11 is 0. The average Bonchev–Trinajstić information content (AvgIpc) is 2.89. The molecular weight excluding hydrogens is 242 g/mol. The number of ether oxygens (including phenoxy) is 1. The molecule has 5 nitrogen and oxygen atoms in total. The van der Waals surface area contributed by atoms with Crippen molar-refractivity contribution in [1.82, 2.24) is 4.90 Å². The van der Waals surface area contributed by atoms with Crippen LogP contribution >= 0.6 is 0 Å². The first-order valence-electron chi connectivity index (χ1n) is 6.71. The lowest BCUT2D eigenvalue weighted by atomic mass is 10.1. The molecule has 0 aliphatic carbocycles. The summed E-state index contributed by atoms with van der Waals surface area (Å²) in [7, 11) is 0. The van der Waals surface area contributed by atoms with Crippen molar-refractivity contribution in [2.75, 3.05) is 32.0 Å². The van der Waals surface area contributed by atoms with Crippen LogP contribution in [-0.2, 0) is 0 Å². The van der Waals surface area contributed by atoms with E-state index in [0.717, 1.165) is 13.0 Å². The molecule has 4 N–H and O–H groups in total. The van der Waals surface area contributed by atoms with Crippen molar-refractivity contribution in [2.45, 2.75) is 19.3 Å². The molecule has 5 heteroatoms. The lowest BCUT2D eigenvalue weighted by Crippen LogP contribution is -2.22. The summed E-state index contributed by atoms with van der Waals surface area (Å²) < 4.78 is 5.63. The quantitative estimate of drug-likeness (QED) is 0.597. The van der Waals surface area contributed by atoms with Crippen LogP contribution in [0.25, 0.3) is 0 Å². The van der Waals surface area contributed by atoms with Gasteiger partial charge >= 0.3 is 0 Å². The molecule has 0 bridgehead atoms. The first-order valence-corrected chi connectivity index (χ1v) is 6.71. The molecule has 0 radical (unpaired) electrons. The average molecular weight is 263 g/mol. The molecule has 1 saturated heterocycles. The van der Waals surface area contributed by atoms with Crippen LogP contribution in [0.1, 0.15) is 29.6 Å². The number of anilines is 1. The molecule has 0 unspecified atom stereocenters. The Bertz CT molecular complexity index is 442. The molecule has 0 saturated carbocycles. The predicted molar refractivity (Wildman–Crippen MR) is 75.2 cm³/mol. The Labute approximate surface area is 113 Å². The molecule has 1 aromatic rings. The fourth-order valence-corrected chi connectivity index (χ4v) is 2.34. The molecule has 0 atom stereocenters. The van der Waals surface area contributed by atoms with Gasteiger partial charge in [-0.1, -0.05) is 0 Å². The molecule has 1 heterocycles. The maximum Gasteiger partial charge on any atom is 0.252 e. The van der Waals surface area contributed by atoms with Crippen LogP contribution in [0.2, 0.25) is 0 Å². The number of primary amides is 1. The van der Waals surface area contributed by atoms with Gasteiger partial charge in [-0.15, -0.1) is 0 Å². The Morgan fingerprint density at radius 2 is 2.05 bits per heavy atom. The normalized spacial score (nSPS) is 15.6. The van der Waals surface area contributed by atoms with Gasteiger partial charge in [0.1, 0.15) is 5.75 Å². The van der Waals surface area contributed by atoms with Gasteiger partial charge in [-0.25, -0.2) is 0 Å². The zero-order chi connectivity index (χ0) is 13.7. The van der Waals surface area contributed by atoms with Crippen molar-refractivity contribution in [3.05, 3.63) is 23.8 Å². The van der Waals surface area contributed by atoms with Gasteiger partial charge in [0.15, 0.2) is 0 Å². The summed E-state index contributed by atoms with van der Waals surface area (Å²) in [5.74, 6) is 0.00460. The van der Waals surface area contributed by atoms with Crippen molar-refractivity contribution >= 4 is 11.6 Å². The molecule has 19 heavy (non-hydrogen) atoms. The van der Waals surface area contributed by atoms with Gasteiger partial charge in [-0.05, 0) is 50.6 Å². The highest BCUT2D eigenvalue weighted by Gasteiger charge is 2.12. The van der Waals surface area contributed by atoms with Gasteiger partial charge in [-0.2, -0.15) is 0 Å². The van der Waals surface area contributed by atoms with E-state index in [1.54, 1.807) is 18.2 Å². The number of hydrogen-bond donors (Lipinski definition) is 2. The summed E-state index contributed by atoms with van der Waals surface area (Å²) in [4.78, 5) is 13.7. The summed E-state index contributed by atoms with van der Waals surface area (Å²) in [5, 5.41) is 0. The van der Waals surface area contributed by atoms with E-state index in [-0.39, 0.29) is 0 Å². The monoisotopic (exact) mass is 263 g/mol. The SMILES string of the molecule is NC(=O)c1cc(N)ccc1OCCCN1CCCC1. The van der Waals surface area contributed by atoms with Crippen LogP contribution in [0.5, 0.6) is 5.75 Å². The number of amides is 1. The van der Waals surface area contributed by atoms with E-state index >= 15 is 0 Å². The maximum atomic E-state index is 11.3. The molecule has 1 aromatic carbocycles. The largest absolute Gasteiger partial charge is 0.493 e. The first kappa shape index (κ1) is 13.7. The van der Waals surface area contributed by atoms with Gasteiger partial charge in [0, 0.05) is 12.2 Å². The lowest BCUT2D eigenvalue weighted by molar-refractivity contribution is 0.0996. The van der Waals surface area contributed by atoms with E-state index < -0.39 is 5.91 Å². The van der Waals surface area contributed by atoms with Gasteiger partial charge in [0.25, 0.3) is 5.91 Å². The van der Waals surface area contributed by atoms with Crippen molar-refractivity contribution in [3.8, 4) is 5.75 Å². The number of benzene rings is 1. The Morgan fingerprint density at radius 1 is 1.32 bits per heavy atom. The van der Waals surface area contributed by atoms with Crippen LogP contribution in [0.4, 0.5) is 5.69 Å². The Morgan fingerprint density at radius 3 is 2.74 bits per heavy atom. The number of hydrogen-bond acceptors (Lipinski definition) is 4. The van der Waals surface area contributed by atoms with E-state index in [0.29, 0.717) is 23.6 Å². The summed E-state index contributed by atoms with van der Waals surface area (Å²) in [6.07, 6.45) is 3.54. The number of rotatable bonds is 6. The zero-order valence-electron chi connectivity index (χ0n) is 11.1. The molecule has 1 amide bonds. The molecule has 2 rings (SSSR count). The predicted octanol–water partition coefficient (Wildman–Crippen LogP) is 1.23. The number of carbonyl (C=O) groups excluding carboxylic acids is 1. The van der Waals surface area contributed by atoms with Gasteiger partial charge in [-0.3, -0.25) is 4.79 Å². The third kappa shape index (κ3) is 3.86. The van der Waals surface area contributed by atoms with Crippen LogP contribution in [-0.4, -0.2) is 37.0 Å². The maximum absolute atomic E-state index is 11.3. The van der Waals surface area contributed by atoms with E-state index in [4.69, 9.17) is 16.2 Å². The molecule has 0 spiro atoms. The number of carbonyl (C=O) groups is 1. The minimum atomic E-state index is -0.512.